The fourth-order valence-corrected chi connectivity index (χ4v) is 5.88. The van der Waals surface area contributed by atoms with Gasteiger partial charge in [-0.25, -0.2) is 14.7 Å². The normalized spacial score (nSPS) is 15.8. The Bertz CT molecular complexity index is 1670. The Hall–Kier alpha value is -4.20. The molecular weight excluding hydrogens is 500 g/mol. The molecule has 0 saturated carbocycles. The third-order valence-corrected chi connectivity index (χ3v) is 7.74. The van der Waals surface area contributed by atoms with Crippen LogP contribution in [0.1, 0.15) is 22.2 Å². The van der Waals surface area contributed by atoms with Crippen molar-refractivity contribution in [1.82, 2.24) is 9.78 Å². The van der Waals surface area contributed by atoms with Gasteiger partial charge in [0.2, 0.25) is 0 Å². The van der Waals surface area contributed by atoms with Crippen LogP contribution in [0.5, 0.6) is 0 Å². The van der Waals surface area contributed by atoms with Gasteiger partial charge >= 0.3 is 0 Å². The number of nitrogens with one attached hydrogen (secondary N) is 1. The van der Waals surface area contributed by atoms with E-state index in [1.54, 1.807) is 11.3 Å². The Balaban J connectivity index is 1.49. The van der Waals surface area contributed by atoms with Crippen LogP contribution in [0.2, 0.25) is 5.02 Å². The van der Waals surface area contributed by atoms with Crippen LogP contribution in [0.15, 0.2) is 106 Å². The SMILES string of the molecule is Cc1nn(-c2ccccc2)c2c1C(c1cccs1)N1C(=N2)C(Nc2ccc(Cl)cc2)=Nc2ccccc21. The summed E-state index contributed by atoms with van der Waals surface area (Å²) in [5.74, 6) is 2.24. The van der Waals surface area contributed by atoms with E-state index in [0.29, 0.717) is 10.9 Å². The molecule has 2 aromatic heterocycles. The molecule has 2 aliphatic heterocycles. The molecule has 3 aromatic carbocycles. The minimum absolute atomic E-state index is 0.0985. The van der Waals surface area contributed by atoms with Gasteiger partial charge in [-0.1, -0.05) is 48.0 Å². The molecule has 0 fully saturated rings. The summed E-state index contributed by atoms with van der Waals surface area (Å²) >= 11 is 7.88. The average molecular weight is 521 g/mol. The van der Waals surface area contributed by atoms with Crippen LogP contribution in [0.25, 0.3) is 5.69 Å². The number of fused-ring (bicyclic) bond motifs is 4. The van der Waals surface area contributed by atoms with Gasteiger partial charge in [0.25, 0.3) is 0 Å². The van der Waals surface area contributed by atoms with Crippen molar-refractivity contribution in [3.8, 4) is 5.69 Å². The average Bonchev–Trinajstić information content (AvgIpc) is 3.58. The van der Waals surface area contributed by atoms with Gasteiger partial charge < -0.3 is 10.2 Å². The molecule has 1 N–H and O–H groups in total. The number of nitrogens with zero attached hydrogens (tertiary/aromatic N) is 5. The number of rotatable bonds is 3. The Labute approximate surface area is 223 Å². The van der Waals surface area contributed by atoms with E-state index in [4.69, 9.17) is 26.7 Å². The molecule has 2 aliphatic rings. The second kappa shape index (κ2) is 8.73. The van der Waals surface area contributed by atoms with E-state index in [9.17, 15) is 0 Å². The summed E-state index contributed by atoms with van der Waals surface area (Å²) in [6, 6.07) is 30.1. The molecule has 0 bridgehead atoms. The van der Waals surface area contributed by atoms with Gasteiger partial charge in [0.05, 0.1) is 22.8 Å². The van der Waals surface area contributed by atoms with Crippen molar-refractivity contribution >= 4 is 57.5 Å². The Morgan fingerprint density at radius 2 is 1.65 bits per heavy atom. The van der Waals surface area contributed by atoms with E-state index in [1.807, 2.05) is 65.3 Å². The Morgan fingerprint density at radius 3 is 2.43 bits per heavy atom. The van der Waals surface area contributed by atoms with E-state index in [0.717, 1.165) is 45.7 Å². The zero-order valence-electron chi connectivity index (χ0n) is 19.8. The van der Waals surface area contributed by atoms with Crippen molar-refractivity contribution in [2.45, 2.75) is 13.0 Å². The Kier molecular flexibility index (Phi) is 5.20. The summed E-state index contributed by atoms with van der Waals surface area (Å²) in [7, 11) is 0. The number of halogens is 1. The first-order valence-electron chi connectivity index (χ1n) is 11.9. The predicted octanol–water partition coefficient (Wildman–Crippen LogP) is 7.69. The van der Waals surface area contributed by atoms with Crippen LogP contribution < -0.4 is 10.2 Å². The smallest absolute Gasteiger partial charge is 0.179 e. The quantitative estimate of drug-likeness (QED) is 0.265. The lowest BCUT2D eigenvalue weighted by Gasteiger charge is -2.40. The number of para-hydroxylation sites is 3. The fraction of sp³-hybridized carbons (Fsp3) is 0.0690. The van der Waals surface area contributed by atoms with E-state index in [1.165, 1.54) is 4.88 Å². The van der Waals surface area contributed by atoms with Crippen LogP contribution in [0.4, 0.5) is 22.9 Å². The van der Waals surface area contributed by atoms with E-state index < -0.39 is 0 Å². The zero-order valence-corrected chi connectivity index (χ0v) is 21.4. The van der Waals surface area contributed by atoms with Crippen molar-refractivity contribution in [1.29, 1.82) is 0 Å². The second-order valence-electron chi connectivity index (χ2n) is 8.87. The molecule has 1 atom stereocenters. The van der Waals surface area contributed by atoms with Gasteiger partial charge in [0.1, 0.15) is 6.04 Å². The number of aromatic nitrogens is 2. The van der Waals surface area contributed by atoms with E-state index in [-0.39, 0.29) is 6.04 Å². The zero-order chi connectivity index (χ0) is 24.9. The maximum absolute atomic E-state index is 6.14. The fourth-order valence-electron chi connectivity index (χ4n) is 4.93. The van der Waals surface area contributed by atoms with Gasteiger partial charge in [-0.05, 0) is 66.9 Å². The highest BCUT2D eigenvalue weighted by molar-refractivity contribution is 7.10. The summed E-state index contributed by atoms with van der Waals surface area (Å²) in [4.78, 5) is 13.8. The highest BCUT2D eigenvalue weighted by Crippen LogP contribution is 2.49. The number of aryl methyl sites for hydroxylation is 1. The highest BCUT2D eigenvalue weighted by Gasteiger charge is 2.41. The van der Waals surface area contributed by atoms with Crippen LogP contribution in [-0.4, -0.2) is 21.5 Å². The molecule has 0 amide bonds. The monoisotopic (exact) mass is 520 g/mol. The van der Waals surface area contributed by atoms with Crippen molar-refractivity contribution < 1.29 is 0 Å². The first kappa shape index (κ1) is 22.0. The maximum atomic E-state index is 6.14. The number of benzene rings is 3. The molecule has 7 rings (SSSR count). The molecule has 4 heterocycles. The number of anilines is 2. The topological polar surface area (TPSA) is 57.8 Å². The molecular formula is C29H21ClN6S. The van der Waals surface area contributed by atoms with Gasteiger partial charge in [-0.3, -0.25) is 0 Å². The largest absolute Gasteiger partial charge is 0.337 e. The molecule has 0 aliphatic carbocycles. The number of hydrogen-bond acceptors (Lipinski definition) is 6. The summed E-state index contributed by atoms with van der Waals surface area (Å²) in [5, 5.41) is 11.3. The van der Waals surface area contributed by atoms with Crippen molar-refractivity contribution in [3.05, 3.63) is 118 Å². The molecule has 1 unspecified atom stereocenters. The maximum Gasteiger partial charge on any atom is 0.179 e. The van der Waals surface area contributed by atoms with Crippen LogP contribution >= 0.6 is 22.9 Å². The van der Waals surface area contributed by atoms with Gasteiger partial charge in [-0.15, -0.1) is 11.3 Å². The molecule has 37 heavy (non-hydrogen) atoms. The van der Waals surface area contributed by atoms with E-state index in [2.05, 4.69) is 52.9 Å². The molecule has 0 saturated heterocycles. The minimum Gasteiger partial charge on any atom is -0.337 e. The minimum atomic E-state index is -0.0985. The first-order valence-corrected chi connectivity index (χ1v) is 13.2. The number of hydrogen-bond donors (Lipinski definition) is 1. The van der Waals surface area contributed by atoms with Gasteiger partial charge in [0.15, 0.2) is 17.5 Å². The lowest BCUT2D eigenvalue weighted by Crippen LogP contribution is -2.46. The lowest BCUT2D eigenvalue weighted by molar-refractivity contribution is 0.830. The summed E-state index contributed by atoms with van der Waals surface area (Å²) in [5.41, 5.74) is 5.80. The molecule has 5 aromatic rings. The molecule has 0 spiro atoms. The molecule has 6 nitrogen and oxygen atoms in total. The number of thiophene rings is 1. The van der Waals surface area contributed by atoms with Crippen LogP contribution in [-0.2, 0) is 0 Å². The highest BCUT2D eigenvalue weighted by atomic mass is 35.5. The summed E-state index contributed by atoms with van der Waals surface area (Å²) < 4.78 is 1.94. The summed E-state index contributed by atoms with van der Waals surface area (Å²) in [6.07, 6.45) is 0. The van der Waals surface area contributed by atoms with Crippen molar-refractivity contribution in [3.63, 3.8) is 0 Å². The van der Waals surface area contributed by atoms with Crippen molar-refractivity contribution in [2.24, 2.45) is 9.98 Å². The standard InChI is InChI=1S/C29H21ClN6S/c1-18-25-26(24-12-7-17-37-24)35-23-11-6-5-10-22(23)32-27(31-20-15-13-19(30)14-16-20)29(35)33-28(25)36(34-18)21-8-3-2-4-9-21/h2-17,26H,1H3,(H,31,32). The van der Waals surface area contributed by atoms with Gasteiger partial charge in [-0.2, -0.15) is 5.10 Å². The number of amidine groups is 2. The molecule has 180 valence electrons. The lowest BCUT2D eigenvalue weighted by atomic mass is 9.98. The third kappa shape index (κ3) is 3.66. The number of aliphatic imine (C=N–C) groups is 2. The first-order chi connectivity index (χ1) is 18.2. The van der Waals surface area contributed by atoms with Gasteiger partial charge in [0, 0.05) is 21.2 Å². The van der Waals surface area contributed by atoms with E-state index >= 15 is 0 Å². The van der Waals surface area contributed by atoms with Crippen LogP contribution in [0.3, 0.4) is 0 Å². The predicted molar refractivity (Wildman–Crippen MR) is 153 cm³/mol. The molecule has 0 radical (unpaired) electrons. The summed E-state index contributed by atoms with van der Waals surface area (Å²) in [6.45, 7) is 2.07. The third-order valence-electron chi connectivity index (χ3n) is 6.56. The second-order valence-corrected chi connectivity index (χ2v) is 10.3. The Morgan fingerprint density at radius 1 is 0.865 bits per heavy atom. The van der Waals surface area contributed by atoms with Crippen LogP contribution in [0, 0.1) is 6.92 Å². The van der Waals surface area contributed by atoms with Crippen molar-refractivity contribution in [2.75, 3.05) is 10.2 Å². The molecule has 8 heteroatoms.